The molecule has 1 aromatic carbocycles. The quantitative estimate of drug-likeness (QED) is 0.681. The summed E-state index contributed by atoms with van der Waals surface area (Å²) in [6.45, 7) is 6.25. The molecule has 3 N–H and O–H groups in total. The summed E-state index contributed by atoms with van der Waals surface area (Å²) in [6.07, 6.45) is 0.834. The molecule has 126 valence electrons. The molecule has 0 bridgehead atoms. The van der Waals surface area contributed by atoms with Crippen LogP contribution in [0.5, 0.6) is 0 Å². The first-order valence-electron chi connectivity index (χ1n) is 7.70. The number of carbonyl (C=O) groups is 3. The lowest BCUT2D eigenvalue weighted by molar-refractivity contribution is -0.142. The van der Waals surface area contributed by atoms with Gasteiger partial charge in [-0.25, -0.2) is 4.79 Å². The Hall–Kier alpha value is -2.37. The lowest BCUT2D eigenvalue weighted by Crippen LogP contribution is -2.34. The Labute approximate surface area is 136 Å². The van der Waals surface area contributed by atoms with Crippen molar-refractivity contribution < 1.29 is 19.5 Å². The van der Waals surface area contributed by atoms with Crippen LogP contribution in [0.15, 0.2) is 18.2 Å². The highest BCUT2D eigenvalue weighted by atomic mass is 16.4. The molecule has 0 aliphatic heterocycles. The van der Waals surface area contributed by atoms with Crippen LogP contribution in [-0.2, 0) is 14.4 Å². The molecule has 0 heterocycles. The lowest BCUT2D eigenvalue weighted by Gasteiger charge is -2.16. The largest absolute Gasteiger partial charge is 0.479 e. The molecule has 0 saturated carbocycles. The van der Waals surface area contributed by atoms with Crippen LogP contribution in [0.3, 0.4) is 0 Å². The third-order valence-electron chi connectivity index (χ3n) is 3.28. The molecule has 0 fully saturated rings. The second-order valence-electron chi connectivity index (χ2n) is 5.61. The van der Waals surface area contributed by atoms with Crippen molar-refractivity contribution in [2.45, 2.75) is 46.1 Å². The van der Waals surface area contributed by atoms with Gasteiger partial charge >= 0.3 is 5.97 Å². The SMILES string of the molecule is CCCNC(=O)CCC(=O)NC(C(=O)O)c1cc(C)cc(C)c1. The van der Waals surface area contributed by atoms with Gasteiger partial charge in [-0.2, -0.15) is 0 Å². The maximum atomic E-state index is 11.9. The van der Waals surface area contributed by atoms with E-state index >= 15 is 0 Å². The molecule has 0 saturated heterocycles. The molecule has 23 heavy (non-hydrogen) atoms. The number of carbonyl (C=O) groups excluding carboxylic acids is 2. The van der Waals surface area contributed by atoms with Crippen LogP contribution in [0.25, 0.3) is 0 Å². The van der Waals surface area contributed by atoms with Crippen LogP contribution in [0.1, 0.15) is 48.9 Å². The van der Waals surface area contributed by atoms with E-state index in [0.29, 0.717) is 12.1 Å². The summed E-state index contributed by atoms with van der Waals surface area (Å²) >= 11 is 0. The van der Waals surface area contributed by atoms with Crippen LogP contribution in [-0.4, -0.2) is 29.4 Å². The van der Waals surface area contributed by atoms with E-state index in [9.17, 15) is 19.5 Å². The monoisotopic (exact) mass is 320 g/mol. The zero-order valence-electron chi connectivity index (χ0n) is 13.8. The number of hydrogen-bond acceptors (Lipinski definition) is 3. The summed E-state index contributed by atoms with van der Waals surface area (Å²) in [5, 5.41) is 14.5. The average molecular weight is 320 g/mol. The predicted molar refractivity (Wildman–Crippen MR) is 87.0 cm³/mol. The summed E-state index contributed by atoms with van der Waals surface area (Å²) in [7, 11) is 0. The first-order valence-corrected chi connectivity index (χ1v) is 7.70. The maximum absolute atomic E-state index is 11.9. The highest BCUT2D eigenvalue weighted by Gasteiger charge is 2.22. The number of nitrogens with one attached hydrogen (secondary N) is 2. The summed E-state index contributed by atoms with van der Waals surface area (Å²) in [4.78, 5) is 34.8. The summed E-state index contributed by atoms with van der Waals surface area (Å²) in [6, 6.07) is 4.29. The fourth-order valence-electron chi connectivity index (χ4n) is 2.28. The summed E-state index contributed by atoms with van der Waals surface area (Å²) in [5.41, 5.74) is 2.39. The van der Waals surface area contributed by atoms with Crippen LogP contribution in [0.2, 0.25) is 0 Å². The molecule has 0 aliphatic rings. The van der Waals surface area contributed by atoms with E-state index in [0.717, 1.165) is 17.5 Å². The van der Waals surface area contributed by atoms with Crippen molar-refractivity contribution in [2.24, 2.45) is 0 Å². The molecular weight excluding hydrogens is 296 g/mol. The van der Waals surface area contributed by atoms with Gasteiger partial charge < -0.3 is 15.7 Å². The molecule has 1 rings (SSSR count). The number of aryl methyl sites for hydroxylation is 2. The van der Waals surface area contributed by atoms with Crippen molar-refractivity contribution in [3.8, 4) is 0 Å². The van der Waals surface area contributed by atoms with Gasteiger partial charge in [-0.05, 0) is 25.8 Å². The van der Waals surface area contributed by atoms with Gasteiger partial charge in [0.15, 0.2) is 6.04 Å². The van der Waals surface area contributed by atoms with Gasteiger partial charge in [0.1, 0.15) is 0 Å². The van der Waals surface area contributed by atoms with Crippen molar-refractivity contribution in [1.82, 2.24) is 10.6 Å². The van der Waals surface area contributed by atoms with Crippen LogP contribution >= 0.6 is 0 Å². The van der Waals surface area contributed by atoms with Gasteiger partial charge in [0, 0.05) is 19.4 Å². The Morgan fingerprint density at radius 1 is 1.04 bits per heavy atom. The van der Waals surface area contributed by atoms with Crippen molar-refractivity contribution >= 4 is 17.8 Å². The molecule has 0 aliphatic carbocycles. The van der Waals surface area contributed by atoms with Crippen molar-refractivity contribution in [1.29, 1.82) is 0 Å². The molecule has 6 heteroatoms. The zero-order chi connectivity index (χ0) is 17.4. The minimum atomic E-state index is -1.13. The third kappa shape index (κ3) is 6.50. The minimum Gasteiger partial charge on any atom is -0.479 e. The van der Waals surface area contributed by atoms with Gasteiger partial charge in [-0.15, -0.1) is 0 Å². The molecule has 0 radical (unpaired) electrons. The second kappa shape index (κ2) is 8.92. The summed E-state index contributed by atoms with van der Waals surface area (Å²) in [5.74, 6) is -1.79. The number of carboxylic acids is 1. The summed E-state index contributed by atoms with van der Waals surface area (Å²) < 4.78 is 0. The minimum absolute atomic E-state index is 0.0376. The van der Waals surface area contributed by atoms with Crippen LogP contribution in [0.4, 0.5) is 0 Å². The first-order chi connectivity index (χ1) is 10.8. The van der Waals surface area contributed by atoms with Crippen molar-refractivity contribution in [3.63, 3.8) is 0 Å². The highest BCUT2D eigenvalue weighted by molar-refractivity contribution is 5.87. The molecule has 1 unspecified atom stereocenters. The Morgan fingerprint density at radius 2 is 1.61 bits per heavy atom. The third-order valence-corrected chi connectivity index (χ3v) is 3.28. The molecule has 2 amide bonds. The van der Waals surface area contributed by atoms with E-state index in [1.54, 1.807) is 12.1 Å². The van der Waals surface area contributed by atoms with Gasteiger partial charge in [0.2, 0.25) is 11.8 Å². The maximum Gasteiger partial charge on any atom is 0.330 e. The van der Waals surface area contributed by atoms with E-state index in [1.807, 2.05) is 26.8 Å². The topological polar surface area (TPSA) is 95.5 Å². The number of benzene rings is 1. The van der Waals surface area contributed by atoms with Gasteiger partial charge in [0.25, 0.3) is 0 Å². The number of amides is 2. The van der Waals surface area contributed by atoms with Gasteiger partial charge in [-0.3, -0.25) is 9.59 Å². The second-order valence-corrected chi connectivity index (χ2v) is 5.61. The standard InChI is InChI=1S/C17H24N2O4/c1-4-7-18-14(20)5-6-15(21)19-16(17(22)23)13-9-11(2)8-12(3)10-13/h8-10,16H,4-7H2,1-3H3,(H,18,20)(H,19,21)(H,22,23). The lowest BCUT2D eigenvalue weighted by atomic mass is 10.0. The highest BCUT2D eigenvalue weighted by Crippen LogP contribution is 2.17. The number of rotatable bonds is 8. The normalized spacial score (nSPS) is 11.6. The average Bonchev–Trinajstić information content (AvgIpc) is 2.47. The first kappa shape index (κ1) is 18.7. The molecular formula is C17H24N2O4. The smallest absolute Gasteiger partial charge is 0.330 e. The number of hydrogen-bond donors (Lipinski definition) is 3. The van der Waals surface area contributed by atoms with Crippen molar-refractivity contribution in [3.05, 3.63) is 34.9 Å². The van der Waals surface area contributed by atoms with Gasteiger partial charge in [0.05, 0.1) is 0 Å². The number of carboxylic acid groups (broad SMARTS) is 1. The number of aliphatic carboxylic acids is 1. The van der Waals surface area contributed by atoms with E-state index in [2.05, 4.69) is 10.6 Å². The predicted octanol–water partition coefficient (Wildman–Crippen LogP) is 1.85. The van der Waals surface area contributed by atoms with Crippen molar-refractivity contribution in [2.75, 3.05) is 6.54 Å². The molecule has 1 aromatic rings. The Kier molecular flexibility index (Phi) is 7.25. The Balaban J connectivity index is 2.67. The van der Waals surface area contributed by atoms with Gasteiger partial charge in [-0.1, -0.05) is 36.2 Å². The van der Waals surface area contributed by atoms with Crippen LogP contribution in [0, 0.1) is 13.8 Å². The molecule has 1 atom stereocenters. The fourth-order valence-corrected chi connectivity index (χ4v) is 2.28. The molecule has 0 spiro atoms. The Bertz CT molecular complexity index is 564. The zero-order valence-corrected chi connectivity index (χ0v) is 13.8. The van der Waals surface area contributed by atoms with E-state index < -0.39 is 17.9 Å². The Morgan fingerprint density at radius 3 is 2.13 bits per heavy atom. The van der Waals surface area contributed by atoms with Crippen LogP contribution < -0.4 is 10.6 Å². The molecule has 0 aromatic heterocycles. The van der Waals surface area contributed by atoms with E-state index in [-0.39, 0.29) is 18.7 Å². The van der Waals surface area contributed by atoms with E-state index in [4.69, 9.17) is 0 Å². The fraction of sp³-hybridized carbons (Fsp3) is 0.471. The van der Waals surface area contributed by atoms with E-state index in [1.165, 1.54) is 0 Å². The molecule has 6 nitrogen and oxygen atoms in total.